The number of anilines is 2. The second kappa shape index (κ2) is 7.04. The molecule has 0 bridgehead atoms. The molecule has 4 aliphatic heterocycles. The maximum Gasteiger partial charge on any atom is 0.407 e. The molecule has 2 N–H and O–H groups in total. The van der Waals surface area contributed by atoms with E-state index in [0.29, 0.717) is 27.5 Å². The molecule has 0 aromatic heterocycles. The van der Waals surface area contributed by atoms with Crippen molar-refractivity contribution in [1.29, 1.82) is 0 Å². The predicted molar refractivity (Wildman–Crippen MR) is 123 cm³/mol. The van der Waals surface area contributed by atoms with Crippen molar-refractivity contribution in [2.45, 2.75) is 18.5 Å². The van der Waals surface area contributed by atoms with Gasteiger partial charge in [0.25, 0.3) is 0 Å². The smallest absolute Gasteiger partial charge is 0.407 e. The van der Waals surface area contributed by atoms with Gasteiger partial charge in [0.1, 0.15) is 5.54 Å². The molecule has 9 nitrogen and oxygen atoms in total. The lowest BCUT2D eigenvalue weighted by molar-refractivity contribution is -0.137. The maximum absolute atomic E-state index is 14.0. The molecule has 3 fully saturated rings. The number of amides is 4. The number of hydrogen-bond donors (Lipinski definition) is 2. The molecule has 0 saturated carbocycles. The molecule has 3 saturated heterocycles. The first kappa shape index (κ1) is 21.1. The van der Waals surface area contributed by atoms with Gasteiger partial charge in [-0.25, -0.2) is 9.69 Å². The van der Waals surface area contributed by atoms with Gasteiger partial charge in [-0.3, -0.25) is 19.3 Å². The minimum atomic E-state index is -1.42. The Kier molecular flexibility index (Phi) is 4.37. The highest BCUT2D eigenvalue weighted by molar-refractivity contribution is 6.32. The zero-order chi connectivity index (χ0) is 23.9. The van der Waals surface area contributed by atoms with Gasteiger partial charge in [0.15, 0.2) is 0 Å². The van der Waals surface area contributed by atoms with E-state index in [0.717, 1.165) is 4.90 Å². The number of nitrogens with zero attached hydrogens (tertiary/aromatic N) is 3. The molecule has 174 valence electrons. The van der Waals surface area contributed by atoms with Crippen LogP contribution in [0.5, 0.6) is 0 Å². The van der Waals surface area contributed by atoms with Crippen molar-refractivity contribution in [3.63, 3.8) is 0 Å². The standard InChI is InChI=1S/C24H21ClN4O5/c1-12-15(25)8-7-14-19(12)26-22(32)24(14)18-17(16-11-27(23(33)34)9-10-28(16)24)20(30)29(21(18)31)13-5-3-2-4-6-13/h2-8,16-18H,9-11H2,1H3,(H,26,32)(H,33,34)/t16-,17+,18-,24+/m1/s1. The maximum atomic E-state index is 14.0. The van der Waals surface area contributed by atoms with Gasteiger partial charge < -0.3 is 15.3 Å². The SMILES string of the molecule is Cc1c(Cl)ccc2c1NC(=O)[C@@]21[C@H]2C(=O)N(c3ccccc3)C(=O)[C@H]2[C@H]2CN(C(=O)O)CCN21. The Morgan fingerprint density at radius 2 is 1.82 bits per heavy atom. The van der Waals surface area contributed by atoms with Crippen LogP contribution in [-0.2, 0) is 19.9 Å². The largest absolute Gasteiger partial charge is 0.465 e. The number of benzene rings is 2. The topological polar surface area (TPSA) is 110 Å². The van der Waals surface area contributed by atoms with Crippen LogP contribution in [-0.4, -0.2) is 64.4 Å². The van der Waals surface area contributed by atoms with Gasteiger partial charge in [0.2, 0.25) is 17.7 Å². The van der Waals surface area contributed by atoms with Gasteiger partial charge in [0, 0.05) is 36.3 Å². The summed E-state index contributed by atoms with van der Waals surface area (Å²) in [6.07, 6.45) is -1.09. The summed E-state index contributed by atoms with van der Waals surface area (Å²) in [5, 5.41) is 13.0. The van der Waals surface area contributed by atoms with Crippen LogP contribution in [0.15, 0.2) is 42.5 Å². The first-order valence-electron chi connectivity index (χ1n) is 11.1. The number of carbonyl (C=O) groups is 4. The third kappa shape index (κ3) is 2.43. The molecule has 34 heavy (non-hydrogen) atoms. The lowest BCUT2D eigenvalue weighted by Gasteiger charge is -2.44. The molecule has 0 radical (unpaired) electrons. The van der Waals surface area contributed by atoms with E-state index in [4.69, 9.17) is 11.6 Å². The Bertz CT molecular complexity index is 1280. The Hall–Kier alpha value is -3.43. The summed E-state index contributed by atoms with van der Waals surface area (Å²) in [5.74, 6) is -3.09. The molecule has 4 amide bonds. The van der Waals surface area contributed by atoms with E-state index in [1.807, 2.05) is 4.90 Å². The predicted octanol–water partition coefficient (Wildman–Crippen LogP) is 2.28. The number of halogens is 1. The van der Waals surface area contributed by atoms with E-state index in [9.17, 15) is 24.3 Å². The molecule has 6 rings (SSSR count). The van der Waals surface area contributed by atoms with E-state index >= 15 is 0 Å². The van der Waals surface area contributed by atoms with Gasteiger partial charge in [-0.05, 0) is 30.7 Å². The van der Waals surface area contributed by atoms with Gasteiger partial charge in [0.05, 0.1) is 23.2 Å². The lowest BCUT2D eigenvalue weighted by Crippen LogP contribution is -2.62. The fourth-order valence-electron chi connectivity index (χ4n) is 6.35. The van der Waals surface area contributed by atoms with E-state index in [1.165, 1.54) is 4.90 Å². The zero-order valence-corrected chi connectivity index (χ0v) is 19.0. The Balaban J connectivity index is 1.57. The summed E-state index contributed by atoms with van der Waals surface area (Å²) >= 11 is 6.33. The molecule has 0 aliphatic carbocycles. The van der Waals surface area contributed by atoms with Crippen LogP contribution in [0.25, 0.3) is 0 Å². The fourth-order valence-corrected chi connectivity index (χ4v) is 6.50. The molecule has 4 heterocycles. The third-order valence-electron chi connectivity index (χ3n) is 7.77. The van der Waals surface area contributed by atoms with E-state index in [1.54, 1.807) is 49.4 Å². The molecule has 1 spiro atoms. The summed E-state index contributed by atoms with van der Waals surface area (Å²) in [5.41, 5.74) is 0.865. The first-order chi connectivity index (χ1) is 16.3. The van der Waals surface area contributed by atoms with Crippen LogP contribution < -0.4 is 10.2 Å². The highest BCUT2D eigenvalue weighted by atomic mass is 35.5. The normalized spacial score (nSPS) is 29.9. The van der Waals surface area contributed by atoms with Crippen molar-refractivity contribution in [2.24, 2.45) is 11.8 Å². The van der Waals surface area contributed by atoms with Crippen molar-refractivity contribution >= 4 is 46.8 Å². The lowest BCUT2D eigenvalue weighted by atomic mass is 9.76. The summed E-state index contributed by atoms with van der Waals surface area (Å²) < 4.78 is 0. The fraction of sp³-hybridized carbons (Fsp3) is 0.333. The minimum absolute atomic E-state index is 0.0368. The van der Waals surface area contributed by atoms with Gasteiger partial charge in [-0.2, -0.15) is 0 Å². The number of para-hydroxylation sites is 1. The van der Waals surface area contributed by atoms with Crippen LogP contribution in [0.2, 0.25) is 5.02 Å². The average molecular weight is 481 g/mol. The second-order valence-corrected chi connectivity index (χ2v) is 9.56. The van der Waals surface area contributed by atoms with Gasteiger partial charge in [-0.1, -0.05) is 35.9 Å². The van der Waals surface area contributed by atoms with E-state index < -0.39 is 41.3 Å². The van der Waals surface area contributed by atoms with Gasteiger partial charge in [-0.15, -0.1) is 0 Å². The number of fused-ring (bicyclic) bond motifs is 7. The Morgan fingerprint density at radius 1 is 1.09 bits per heavy atom. The number of piperazine rings is 1. The molecular weight excluding hydrogens is 460 g/mol. The average Bonchev–Trinajstić information content (AvgIpc) is 3.39. The molecule has 2 aromatic rings. The van der Waals surface area contributed by atoms with Crippen molar-refractivity contribution in [3.8, 4) is 0 Å². The van der Waals surface area contributed by atoms with Crippen LogP contribution in [0.1, 0.15) is 11.1 Å². The highest BCUT2D eigenvalue weighted by Crippen LogP contribution is 2.59. The molecule has 2 aromatic carbocycles. The number of hydrogen-bond acceptors (Lipinski definition) is 5. The molecule has 10 heteroatoms. The molecular formula is C24H21ClN4O5. The van der Waals surface area contributed by atoms with Crippen LogP contribution in [0, 0.1) is 18.8 Å². The van der Waals surface area contributed by atoms with Gasteiger partial charge >= 0.3 is 6.09 Å². The van der Waals surface area contributed by atoms with Crippen LogP contribution in [0.3, 0.4) is 0 Å². The number of rotatable bonds is 1. The number of imide groups is 1. The van der Waals surface area contributed by atoms with E-state index in [-0.39, 0.29) is 25.5 Å². The summed E-state index contributed by atoms with van der Waals surface area (Å²) in [4.78, 5) is 57.6. The van der Waals surface area contributed by atoms with Crippen LogP contribution >= 0.6 is 11.6 Å². The third-order valence-corrected chi connectivity index (χ3v) is 8.18. The highest BCUT2D eigenvalue weighted by Gasteiger charge is 2.74. The Morgan fingerprint density at radius 3 is 2.53 bits per heavy atom. The van der Waals surface area contributed by atoms with E-state index in [2.05, 4.69) is 5.32 Å². The summed E-state index contributed by atoms with van der Waals surface area (Å²) in [7, 11) is 0. The quantitative estimate of drug-likeness (QED) is 0.606. The molecule has 4 atom stereocenters. The van der Waals surface area contributed by atoms with Crippen molar-refractivity contribution in [2.75, 3.05) is 29.9 Å². The molecule has 0 unspecified atom stereocenters. The monoisotopic (exact) mass is 480 g/mol. The summed E-state index contributed by atoms with van der Waals surface area (Å²) in [6.45, 7) is 2.23. The van der Waals surface area contributed by atoms with Crippen molar-refractivity contribution in [3.05, 3.63) is 58.6 Å². The zero-order valence-electron chi connectivity index (χ0n) is 18.2. The first-order valence-corrected chi connectivity index (χ1v) is 11.4. The second-order valence-electron chi connectivity index (χ2n) is 9.16. The number of carbonyl (C=O) groups excluding carboxylic acids is 3. The molecule has 4 aliphatic rings. The number of carboxylic acid groups (broad SMARTS) is 1. The Labute approximate surface area is 199 Å². The van der Waals surface area contributed by atoms with Crippen LogP contribution in [0.4, 0.5) is 16.2 Å². The van der Waals surface area contributed by atoms with Crippen molar-refractivity contribution in [1.82, 2.24) is 9.80 Å². The van der Waals surface area contributed by atoms with Crippen molar-refractivity contribution < 1.29 is 24.3 Å². The summed E-state index contributed by atoms with van der Waals surface area (Å²) in [6, 6.07) is 11.4. The number of nitrogens with one attached hydrogen (secondary N) is 1. The minimum Gasteiger partial charge on any atom is -0.465 e.